The van der Waals surface area contributed by atoms with Gasteiger partial charge in [0.05, 0.1) is 17.9 Å². The summed E-state index contributed by atoms with van der Waals surface area (Å²) >= 11 is 0. The van der Waals surface area contributed by atoms with E-state index in [-0.39, 0.29) is 25.5 Å². The summed E-state index contributed by atoms with van der Waals surface area (Å²) in [7, 11) is 0. The zero-order chi connectivity index (χ0) is 24.7. The molecule has 2 heterocycles. The monoisotopic (exact) mass is 468 g/mol. The number of halogens is 1. The second kappa shape index (κ2) is 10.9. The molecule has 0 aliphatic rings. The molecule has 0 atom stereocenters. The van der Waals surface area contributed by atoms with Crippen LogP contribution in [0.4, 0.5) is 20.7 Å². The highest BCUT2D eigenvalue weighted by Crippen LogP contribution is 2.09. The van der Waals surface area contributed by atoms with E-state index >= 15 is 0 Å². The number of anilines is 2. The second-order valence-electron chi connectivity index (χ2n) is 7.43. The van der Waals surface area contributed by atoms with Crippen LogP contribution in [0.25, 0.3) is 0 Å². The summed E-state index contributed by atoms with van der Waals surface area (Å²) in [5, 5.41) is 5.14. The maximum atomic E-state index is 13.6. The molecule has 34 heavy (non-hydrogen) atoms. The van der Waals surface area contributed by atoms with Crippen LogP contribution in [0.5, 0.6) is 0 Å². The van der Waals surface area contributed by atoms with E-state index in [1.807, 2.05) is 6.92 Å². The summed E-state index contributed by atoms with van der Waals surface area (Å²) in [4.78, 5) is 45.4. The lowest BCUT2D eigenvalue weighted by Crippen LogP contribution is -2.42. The predicted molar refractivity (Wildman–Crippen MR) is 124 cm³/mol. The van der Waals surface area contributed by atoms with Gasteiger partial charge in [-0.05, 0) is 32.0 Å². The van der Waals surface area contributed by atoms with E-state index in [0.717, 1.165) is 5.69 Å². The van der Waals surface area contributed by atoms with Gasteiger partial charge in [0.1, 0.15) is 12.4 Å². The topological polar surface area (TPSA) is 156 Å². The van der Waals surface area contributed by atoms with Crippen molar-refractivity contribution in [2.24, 2.45) is 0 Å². The van der Waals surface area contributed by atoms with Crippen molar-refractivity contribution >= 4 is 23.4 Å². The van der Waals surface area contributed by atoms with Crippen LogP contribution < -0.4 is 32.8 Å². The summed E-state index contributed by atoms with van der Waals surface area (Å²) in [5.41, 5.74) is 12.4. The SMILES string of the molecule is Cc1ccc(N)c(CNC(=O)Cn2c(C)cnc(NNC(=O)NCc3ccccc3F)c2=O)n1. The molecule has 0 unspecified atom stereocenters. The van der Waals surface area contributed by atoms with E-state index in [0.29, 0.717) is 22.6 Å². The Bertz CT molecular complexity index is 1260. The molecule has 3 rings (SSSR count). The van der Waals surface area contributed by atoms with Crippen LogP contribution in [0.2, 0.25) is 0 Å². The Labute approximate surface area is 194 Å². The third-order valence-corrected chi connectivity index (χ3v) is 4.85. The fourth-order valence-electron chi connectivity index (χ4n) is 2.98. The molecule has 0 spiro atoms. The van der Waals surface area contributed by atoms with Crippen LogP contribution in [-0.4, -0.2) is 26.5 Å². The minimum Gasteiger partial charge on any atom is -0.397 e. The van der Waals surface area contributed by atoms with E-state index < -0.39 is 23.3 Å². The first-order valence-corrected chi connectivity index (χ1v) is 10.3. The first-order chi connectivity index (χ1) is 16.2. The van der Waals surface area contributed by atoms with E-state index in [9.17, 15) is 18.8 Å². The summed E-state index contributed by atoms with van der Waals surface area (Å²) in [6, 6.07) is 8.80. The van der Waals surface area contributed by atoms with Crippen molar-refractivity contribution in [2.45, 2.75) is 33.5 Å². The van der Waals surface area contributed by atoms with Gasteiger partial charge in [-0.1, -0.05) is 18.2 Å². The Kier molecular flexibility index (Phi) is 7.75. The lowest BCUT2D eigenvalue weighted by molar-refractivity contribution is -0.121. The molecule has 2 aromatic heterocycles. The summed E-state index contributed by atoms with van der Waals surface area (Å²) in [6.07, 6.45) is 1.38. The number of hydrogen-bond donors (Lipinski definition) is 5. The molecule has 178 valence electrons. The fraction of sp³-hybridized carbons (Fsp3) is 0.227. The van der Waals surface area contributed by atoms with Crippen LogP contribution in [-0.2, 0) is 24.4 Å². The van der Waals surface area contributed by atoms with Crippen molar-refractivity contribution in [2.75, 3.05) is 11.2 Å². The molecule has 0 bridgehead atoms. The average molecular weight is 468 g/mol. The van der Waals surface area contributed by atoms with Gasteiger partial charge in [0, 0.05) is 29.7 Å². The molecule has 12 heteroatoms. The third kappa shape index (κ3) is 6.28. The number of carbonyl (C=O) groups excluding carboxylic acids is 2. The number of aryl methyl sites for hydroxylation is 2. The Hall–Kier alpha value is -4.48. The number of aromatic nitrogens is 3. The van der Waals surface area contributed by atoms with E-state index in [4.69, 9.17) is 5.73 Å². The van der Waals surface area contributed by atoms with Crippen molar-refractivity contribution in [1.82, 2.24) is 30.6 Å². The maximum Gasteiger partial charge on any atom is 0.333 e. The zero-order valence-corrected chi connectivity index (χ0v) is 18.7. The molecule has 0 saturated carbocycles. The number of nitrogens with two attached hydrogens (primary N) is 1. The minimum atomic E-state index is -0.697. The van der Waals surface area contributed by atoms with Crippen molar-refractivity contribution in [3.63, 3.8) is 0 Å². The maximum absolute atomic E-state index is 13.6. The highest BCUT2D eigenvalue weighted by Gasteiger charge is 2.13. The van der Waals surface area contributed by atoms with Crippen LogP contribution in [0.1, 0.15) is 22.6 Å². The quantitative estimate of drug-likeness (QED) is 0.310. The molecule has 3 amide bonds. The van der Waals surface area contributed by atoms with Gasteiger partial charge in [0.25, 0.3) is 5.56 Å². The number of benzene rings is 1. The van der Waals surface area contributed by atoms with Gasteiger partial charge in [0.15, 0.2) is 0 Å². The molecular weight excluding hydrogens is 443 g/mol. The van der Waals surface area contributed by atoms with Gasteiger partial charge < -0.3 is 16.4 Å². The molecule has 11 nitrogen and oxygen atoms in total. The van der Waals surface area contributed by atoms with Crippen LogP contribution in [0.15, 0.2) is 47.4 Å². The number of hydrazine groups is 1. The molecule has 0 fully saturated rings. The number of hydrogen-bond acceptors (Lipinski definition) is 7. The number of carbonyl (C=O) groups is 2. The number of nitrogen functional groups attached to an aromatic ring is 1. The molecule has 1 aromatic carbocycles. The van der Waals surface area contributed by atoms with Crippen molar-refractivity contribution < 1.29 is 14.0 Å². The predicted octanol–water partition coefficient (Wildman–Crippen LogP) is 1.12. The highest BCUT2D eigenvalue weighted by atomic mass is 19.1. The first kappa shape index (κ1) is 24.2. The Morgan fingerprint density at radius 1 is 1.09 bits per heavy atom. The molecule has 0 aliphatic heterocycles. The molecule has 0 radical (unpaired) electrons. The van der Waals surface area contributed by atoms with Gasteiger partial charge in [0.2, 0.25) is 11.7 Å². The van der Waals surface area contributed by atoms with Crippen molar-refractivity contribution in [1.29, 1.82) is 0 Å². The Morgan fingerprint density at radius 3 is 2.62 bits per heavy atom. The van der Waals surface area contributed by atoms with Gasteiger partial charge in [-0.3, -0.25) is 30.0 Å². The largest absolute Gasteiger partial charge is 0.397 e. The Morgan fingerprint density at radius 2 is 1.85 bits per heavy atom. The van der Waals surface area contributed by atoms with Gasteiger partial charge >= 0.3 is 6.03 Å². The lowest BCUT2D eigenvalue weighted by Gasteiger charge is -2.14. The molecular formula is C22H25FN8O3. The van der Waals surface area contributed by atoms with Crippen molar-refractivity contribution in [3.8, 4) is 0 Å². The normalized spacial score (nSPS) is 10.4. The molecule has 6 N–H and O–H groups in total. The standard InChI is InChI=1S/C22H25FN8O3/c1-13-7-8-17(24)18(28-13)11-25-19(32)12-31-14(2)9-26-20(21(31)33)29-30-22(34)27-10-15-5-3-4-6-16(15)23/h3-9H,10-12,24H2,1-2H3,(H,25,32)(H,26,29)(H2,27,30,34). The molecule has 0 saturated heterocycles. The minimum absolute atomic E-state index is 0.0494. The second-order valence-corrected chi connectivity index (χ2v) is 7.43. The van der Waals surface area contributed by atoms with E-state index in [1.54, 1.807) is 31.2 Å². The zero-order valence-electron chi connectivity index (χ0n) is 18.7. The number of amides is 3. The lowest BCUT2D eigenvalue weighted by atomic mass is 10.2. The summed E-state index contributed by atoms with van der Waals surface area (Å²) < 4.78 is 14.8. The van der Waals surface area contributed by atoms with E-state index in [1.165, 1.54) is 22.9 Å². The van der Waals surface area contributed by atoms with Crippen LogP contribution in [0.3, 0.4) is 0 Å². The first-order valence-electron chi connectivity index (χ1n) is 10.3. The van der Waals surface area contributed by atoms with Crippen LogP contribution >= 0.6 is 0 Å². The van der Waals surface area contributed by atoms with Gasteiger partial charge in [-0.2, -0.15) is 0 Å². The smallest absolute Gasteiger partial charge is 0.333 e. The number of nitrogens with one attached hydrogen (secondary N) is 4. The molecule has 3 aromatic rings. The number of nitrogens with zero attached hydrogens (tertiary/aromatic N) is 3. The number of pyridine rings is 1. The summed E-state index contributed by atoms with van der Waals surface area (Å²) in [6.45, 7) is 3.23. The van der Waals surface area contributed by atoms with Crippen LogP contribution in [0, 0.1) is 19.7 Å². The van der Waals surface area contributed by atoms with E-state index in [2.05, 4.69) is 31.5 Å². The molecule has 0 aliphatic carbocycles. The third-order valence-electron chi connectivity index (χ3n) is 4.85. The van der Waals surface area contributed by atoms with Gasteiger partial charge in [-0.15, -0.1) is 0 Å². The number of rotatable bonds is 8. The Balaban J connectivity index is 1.57. The summed E-state index contributed by atoms with van der Waals surface area (Å²) in [5.74, 6) is -1.07. The average Bonchev–Trinajstić information content (AvgIpc) is 2.81. The highest BCUT2D eigenvalue weighted by molar-refractivity contribution is 5.76. The van der Waals surface area contributed by atoms with Crippen molar-refractivity contribution in [3.05, 3.63) is 81.4 Å². The number of urea groups is 1. The fourth-order valence-corrected chi connectivity index (χ4v) is 2.98. The van der Waals surface area contributed by atoms with Gasteiger partial charge in [-0.25, -0.2) is 14.2 Å².